The van der Waals surface area contributed by atoms with E-state index in [2.05, 4.69) is 10.5 Å². The minimum atomic E-state index is -1.03. The number of benzene rings is 1. The van der Waals surface area contributed by atoms with Crippen LogP contribution in [0.1, 0.15) is 23.1 Å². The van der Waals surface area contributed by atoms with Crippen LogP contribution in [-0.4, -0.2) is 11.1 Å². The first kappa shape index (κ1) is 13.7. The van der Waals surface area contributed by atoms with Crippen molar-refractivity contribution in [3.05, 3.63) is 53.2 Å². The maximum Gasteiger partial charge on any atom is 0.227 e. The molecule has 0 aliphatic heterocycles. The molecule has 102 valence electrons. The largest absolute Gasteiger partial charge is 0.361 e. The van der Waals surface area contributed by atoms with Crippen molar-refractivity contribution in [1.82, 2.24) is 10.5 Å². The lowest BCUT2D eigenvalue weighted by molar-refractivity contribution is -0.120. The van der Waals surface area contributed by atoms with Crippen molar-refractivity contribution in [1.29, 1.82) is 5.26 Å². The van der Waals surface area contributed by atoms with Crippen LogP contribution in [0.25, 0.3) is 0 Å². The molecule has 2 rings (SSSR count). The zero-order valence-corrected chi connectivity index (χ0v) is 10.8. The van der Waals surface area contributed by atoms with Gasteiger partial charge in [-0.2, -0.15) is 5.26 Å². The smallest absolute Gasteiger partial charge is 0.227 e. The number of aromatic nitrogens is 1. The Balaban J connectivity index is 2.06. The van der Waals surface area contributed by atoms with Crippen LogP contribution >= 0.6 is 0 Å². The maximum absolute atomic E-state index is 13.6. The molecule has 0 saturated heterocycles. The predicted octanol–water partition coefficient (Wildman–Crippen LogP) is 2.05. The molecular weight excluding hydrogens is 261 g/mol. The standard InChI is InChI=1S/C14H12FN3O2/c1-9-6-10(18-20-9)7-14(19)17-13(8-16)11-4-2-3-5-12(11)15/h2-6,13H,7H2,1H3,(H,17,19)/t13-/m1/s1. The Morgan fingerprint density at radius 2 is 2.30 bits per heavy atom. The summed E-state index contributed by atoms with van der Waals surface area (Å²) in [4.78, 5) is 11.8. The number of nitriles is 1. The molecule has 0 aliphatic rings. The lowest BCUT2D eigenvalue weighted by atomic mass is 10.1. The summed E-state index contributed by atoms with van der Waals surface area (Å²) in [5, 5.41) is 15.2. The van der Waals surface area contributed by atoms with E-state index in [-0.39, 0.29) is 12.0 Å². The van der Waals surface area contributed by atoms with Crippen LogP contribution in [0.2, 0.25) is 0 Å². The maximum atomic E-state index is 13.6. The van der Waals surface area contributed by atoms with Gasteiger partial charge in [0.1, 0.15) is 17.6 Å². The summed E-state index contributed by atoms with van der Waals surface area (Å²) >= 11 is 0. The number of aryl methyl sites for hydroxylation is 1. The summed E-state index contributed by atoms with van der Waals surface area (Å²) in [5.74, 6) is -0.358. The highest BCUT2D eigenvalue weighted by atomic mass is 19.1. The average molecular weight is 273 g/mol. The summed E-state index contributed by atoms with van der Waals surface area (Å²) in [6, 6.07) is 8.30. The number of hydrogen-bond acceptors (Lipinski definition) is 4. The minimum absolute atomic E-state index is 0.0238. The summed E-state index contributed by atoms with van der Waals surface area (Å²) in [6.45, 7) is 1.71. The second kappa shape index (κ2) is 5.97. The van der Waals surface area contributed by atoms with Crippen LogP contribution in [0.3, 0.4) is 0 Å². The molecule has 0 spiro atoms. The minimum Gasteiger partial charge on any atom is -0.361 e. The molecule has 1 heterocycles. The van der Waals surface area contributed by atoms with E-state index in [1.165, 1.54) is 18.2 Å². The molecule has 5 nitrogen and oxygen atoms in total. The van der Waals surface area contributed by atoms with Gasteiger partial charge in [-0.15, -0.1) is 0 Å². The molecule has 2 aromatic rings. The summed E-state index contributed by atoms with van der Waals surface area (Å²) in [6.07, 6.45) is -0.0238. The van der Waals surface area contributed by atoms with Crippen LogP contribution in [0.15, 0.2) is 34.9 Å². The third kappa shape index (κ3) is 3.20. The summed E-state index contributed by atoms with van der Waals surface area (Å²) in [7, 11) is 0. The van der Waals surface area contributed by atoms with Gasteiger partial charge in [-0.05, 0) is 13.0 Å². The van der Waals surface area contributed by atoms with E-state index in [1.807, 2.05) is 6.07 Å². The molecule has 1 aromatic heterocycles. The van der Waals surface area contributed by atoms with Gasteiger partial charge >= 0.3 is 0 Å². The number of carbonyl (C=O) groups is 1. The van der Waals surface area contributed by atoms with E-state index in [0.717, 1.165) is 0 Å². The number of carbonyl (C=O) groups excluding carboxylic acids is 1. The molecule has 0 bridgehead atoms. The van der Waals surface area contributed by atoms with Gasteiger partial charge in [-0.1, -0.05) is 23.4 Å². The predicted molar refractivity (Wildman–Crippen MR) is 67.8 cm³/mol. The average Bonchev–Trinajstić information content (AvgIpc) is 2.82. The molecule has 0 aliphatic carbocycles. The number of rotatable bonds is 4. The SMILES string of the molecule is Cc1cc(CC(=O)N[C@H](C#N)c2ccccc2F)no1. The van der Waals surface area contributed by atoms with Gasteiger partial charge in [0.25, 0.3) is 0 Å². The Hall–Kier alpha value is -2.68. The van der Waals surface area contributed by atoms with Gasteiger partial charge in [0.05, 0.1) is 18.2 Å². The van der Waals surface area contributed by atoms with Crippen LogP contribution in [-0.2, 0) is 11.2 Å². The zero-order valence-electron chi connectivity index (χ0n) is 10.8. The summed E-state index contributed by atoms with van der Waals surface area (Å²) < 4.78 is 18.4. The van der Waals surface area contributed by atoms with Gasteiger partial charge in [0.15, 0.2) is 0 Å². The molecule has 1 atom stereocenters. The van der Waals surface area contributed by atoms with E-state index in [1.54, 1.807) is 19.1 Å². The Labute approximate surface area is 115 Å². The number of amides is 1. The molecule has 0 fully saturated rings. The molecule has 20 heavy (non-hydrogen) atoms. The third-order valence-electron chi connectivity index (χ3n) is 2.67. The van der Waals surface area contributed by atoms with Crippen molar-refractivity contribution < 1.29 is 13.7 Å². The topological polar surface area (TPSA) is 78.9 Å². The van der Waals surface area contributed by atoms with Crippen LogP contribution < -0.4 is 5.32 Å². The molecular formula is C14H12FN3O2. The van der Waals surface area contributed by atoms with Gasteiger partial charge in [-0.3, -0.25) is 4.79 Å². The van der Waals surface area contributed by atoms with Gasteiger partial charge in [-0.25, -0.2) is 4.39 Å². The highest BCUT2D eigenvalue weighted by Crippen LogP contribution is 2.16. The Kier molecular flexibility index (Phi) is 4.11. The fraction of sp³-hybridized carbons (Fsp3) is 0.214. The number of nitrogens with zero attached hydrogens (tertiary/aromatic N) is 2. The fourth-order valence-electron chi connectivity index (χ4n) is 1.77. The molecule has 1 N–H and O–H groups in total. The fourth-order valence-corrected chi connectivity index (χ4v) is 1.77. The van der Waals surface area contributed by atoms with Gasteiger partial charge in [0, 0.05) is 11.6 Å². The molecule has 6 heteroatoms. The first-order valence-corrected chi connectivity index (χ1v) is 5.95. The Morgan fingerprint density at radius 1 is 1.55 bits per heavy atom. The van der Waals surface area contributed by atoms with Crippen molar-refractivity contribution in [3.63, 3.8) is 0 Å². The van der Waals surface area contributed by atoms with E-state index in [9.17, 15) is 9.18 Å². The number of nitrogens with one attached hydrogen (secondary N) is 1. The number of halogens is 1. The molecule has 1 amide bonds. The lowest BCUT2D eigenvalue weighted by Gasteiger charge is -2.12. The van der Waals surface area contributed by atoms with E-state index >= 15 is 0 Å². The number of hydrogen-bond donors (Lipinski definition) is 1. The van der Waals surface area contributed by atoms with Gasteiger partial charge < -0.3 is 9.84 Å². The second-order valence-electron chi connectivity index (χ2n) is 4.26. The normalized spacial score (nSPS) is 11.7. The van der Waals surface area contributed by atoms with Crippen molar-refractivity contribution in [2.45, 2.75) is 19.4 Å². The van der Waals surface area contributed by atoms with Gasteiger partial charge in [0.2, 0.25) is 5.91 Å². The Morgan fingerprint density at radius 3 is 2.90 bits per heavy atom. The second-order valence-corrected chi connectivity index (χ2v) is 4.26. The van der Waals surface area contributed by atoms with Crippen LogP contribution in [0.5, 0.6) is 0 Å². The van der Waals surface area contributed by atoms with E-state index < -0.39 is 17.8 Å². The lowest BCUT2D eigenvalue weighted by Crippen LogP contribution is -2.29. The van der Waals surface area contributed by atoms with Crippen molar-refractivity contribution in [2.75, 3.05) is 0 Å². The van der Waals surface area contributed by atoms with E-state index in [0.29, 0.717) is 11.5 Å². The first-order chi connectivity index (χ1) is 9.60. The third-order valence-corrected chi connectivity index (χ3v) is 2.67. The highest BCUT2D eigenvalue weighted by molar-refractivity contribution is 5.79. The summed E-state index contributed by atoms with van der Waals surface area (Å²) in [5.41, 5.74) is 0.602. The van der Waals surface area contributed by atoms with Crippen molar-refractivity contribution >= 4 is 5.91 Å². The molecule has 0 unspecified atom stereocenters. The van der Waals surface area contributed by atoms with Crippen molar-refractivity contribution in [3.8, 4) is 6.07 Å². The molecule has 0 radical (unpaired) electrons. The highest BCUT2D eigenvalue weighted by Gasteiger charge is 2.18. The van der Waals surface area contributed by atoms with E-state index in [4.69, 9.17) is 9.78 Å². The monoisotopic (exact) mass is 273 g/mol. The molecule has 0 saturated carbocycles. The molecule has 1 aromatic carbocycles. The first-order valence-electron chi connectivity index (χ1n) is 5.95. The van der Waals surface area contributed by atoms with Crippen molar-refractivity contribution in [2.24, 2.45) is 0 Å². The van der Waals surface area contributed by atoms with Crippen LogP contribution in [0.4, 0.5) is 4.39 Å². The van der Waals surface area contributed by atoms with Crippen LogP contribution in [0, 0.1) is 24.1 Å². The Bertz CT molecular complexity index is 660. The quantitative estimate of drug-likeness (QED) is 0.924. The zero-order chi connectivity index (χ0) is 14.5.